The molecule has 0 spiro atoms. The van der Waals surface area contributed by atoms with Gasteiger partial charge in [-0.15, -0.1) is 6.58 Å². The van der Waals surface area contributed by atoms with Gasteiger partial charge in [-0.25, -0.2) is 4.39 Å². The number of hydrogen-bond donors (Lipinski definition) is 0. The summed E-state index contributed by atoms with van der Waals surface area (Å²) in [6.07, 6.45) is 15.2. The molecular weight excluding hydrogens is 427 g/mol. The van der Waals surface area contributed by atoms with Gasteiger partial charge in [0, 0.05) is 16.5 Å². The minimum atomic E-state index is -0.0546. The highest BCUT2D eigenvalue weighted by molar-refractivity contribution is 5.85. The number of halogens is 1. The lowest BCUT2D eigenvalue weighted by atomic mass is 9.78. The Morgan fingerprint density at radius 1 is 0.857 bits per heavy atom. The third-order valence-electron chi connectivity index (χ3n) is 7.70. The highest BCUT2D eigenvalue weighted by atomic mass is 19.1. The van der Waals surface area contributed by atoms with Crippen molar-refractivity contribution < 1.29 is 4.39 Å². The van der Waals surface area contributed by atoms with Crippen LogP contribution in [0.3, 0.4) is 0 Å². The first-order chi connectivity index (χ1) is 17.2. The van der Waals surface area contributed by atoms with Gasteiger partial charge in [-0.05, 0) is 97.6 Å². The first kappa shape index (κ1) is 25.2. The van der Waals surface area contributed by atoms with E-state index >= 15 is 4.39 Å². The van der Waals surface area contributed by atoms with Crippen LogP contribution in [0.1, 0.15) is 87.0 Å². The fourth-order valence-electron chi connectivity index (χ4n) is 5.44. The largest absolute Gasteiger partial charge is 0.206 e. The van der Waals surface area contributed by atoms with Gasteiger partial charge in [-0.1, -0.05) is 80.9 Å². The molecule has 0 bridgehead atoms. The van der Waals surface area contributed by atoms with Gasteiger partial charge in [0.2, 0.25) is 0 Å². The van der Waals surface area contributed by atoms with Gasteiger partial charge < -0.3 is 0 Å². The molecule has 3 aromatic carbocycles. The van der Waals surface area contributed by atoms with E-state index in [0.717, 1.165) is 59.6 Å². The van der Waals surface area contributed by atoms with Crippen LogP contribution >= 0.6 is 0 Å². The summed E-state index contributed by atoms with van der Waals surface area (Å²) >= 11 is 0. The van der Waals surface area contributed by atoms with Gasteiger partial charge in [-0.2, -0.15) is 0 Å². The molecule has 0 aromatic heterocycles. The summed E-state index contributed by atoms with van der Waals surface area (Å²) in [5.41, 5.74) is 4.17. The standard InChI is InChI=1S/C34H39F/c1-3-5-6-8-27-11-15-28(16-12-27)17-18-30-20-24-33-32(25-30)23-22-31(34(33)35)21-19-29-13-9-26(7-4-2)10-14-29/h4,11-12,15-16,20,22-26,29H,2-3,5-10,13-14,19,21H2,1H3. The van der Waals surface area contributed by atoms with Crippen LogP contribution in [-0.2, 0) is 12.8 Å². The molecule has 0 amide bonds. The fourth-order valence-corrected chi connectivity index (χ4v) is 5.44. The van der Waals surface area contributed by atoms with Crippen molar-refractivity contribution in [2.24, 2.45) is 11.8 Å². The molecule has 182 valence electrons. The van der Waals surface area contributed by atoms with Gasteiger partial charge in [0.1, 0.15) is 5.82 Å². The lowest BCUT2D eigenvalue weighted by Crippen LogP contribution is -2.15. The summed E-state index contributed by atoms with van der Waals surface area (Å²) in [6, 6.07) is 18.5. The van der Waals surface area contributed by atoms with Crippen LogP contribution in [0.25, 0.3) is 10.8 Å². The Morgan fingerprint density at radius 2 is 1.57 bits per heavy atom. The van der Waals surface area contributed by atoms with Gasteiger partial charge in [-0.3, -0.25) is 0 Å². The van der Waals surface area contributed by atoms with E-state index in [0.29, 0.717) is 5.39 Å². The number of benzene rings is 3. The average Bonchev–Trinajstić information content (AvgIpc) is 2.89. The molecule has 35 heavy (non-hydrogen) atoms. The zero-order valence-corrected chi connectivity index (χ0v) is 21.3. The molecule has 0 atom stereocenters. The number of aryl methyl sites for hydroxylation is 2. The molecule has 1 heteroatoms. The summed E-state index contributed by atoms with van der Waals surface area (Å²) in [5.74, 6) is 8.01. The van der Waals surface area contributed by atoms with E-state index in [1.54, 1.807) is 0 Å². The molecular formula is C34H39F. The predicted octanol–water partition coefficient (Wildman–Crippen LogP) is 9.43. The average molecular weight is 467 g/mol. The van der Waals surface area contributed by atoms with Crippen molar-refractivity contribution in [2.45, 2.75) is 77.6 Å². The number of hydrogen-bond acceptors (Lipinski definition) is 0. The quantitative estimate of drug-likeness (QED) is 0.167. The molecule has 0 radical (unpaired) electrons. The minimum absolute atomic E-state index is 0.0546. The first-order valence-corrected chi connectivity index (χ1v) is 13.6. The monoisotopic (exact) mass is 466 g/mol. The van der Waals surface area contributed by atoms with E-state index in [1.807, 2.05) is 24.3 Å². The van der Waals surface area contributed by atoms with Crippen LogP contribution in [0.5, 0.6) is 0 Å². The number of allylic oxidation sites excluding steroid dienone is 1. The second-order valence-corrected chi connectivity index (χ2v) is 10.3. The Hall–Kier alpha value is -2.85. The maximum absolute atomic E-state index is 15.3. The molecule has 3 aromatic rings. The Bertz CT molecular complexity index is 1170. The van der Waals surface area contributed by atoms with Gasteiger partial charge in [0.25, 0.3) is 0 Å². The molecule has 4 rings (SSSR count). The Balaban J connectivity index is 1.37. The van der Waals surface area contributed by atoms with Crippen molar-refractivity contribution in [1.82, 2.24) is 0 Å². The summed E-state index contributed by atoms with van der Waals surface area (Å²) in [4.78, 5) is 0. The van der Waals surface area contributed by atoms with E-state index in [9.17, 15) is 0 Å². The summed E-state index contributed by atoms with van der Waals surface area (Å²) < 4.78 is 15.3. The predicted molar refractivity (Wildman–Crippen MR) is 148 cm³/mol. The van der Waals surface area contributed by atoms with Crippen LogP contribution in [-0.4, -0.2) is 0 Å². The molecule has 1 fully saturated rings. The number of rotatable bonds is 9. The molecule has 0 aliphatic heterocycles. The van der Waals surface area contributed by atoms with Gasteiger partial charge in [0.05, 0.1) is 0 Å². The molecule has 1 saturated carbocycles. The fraction of sp³-hybridized carbons (Fsp3) is 0.412. The SMILES string of the molecule is C=CCC1CCC(CCc2ccc3cc(C#Cc4ccc(CCCCC)cc4)ccc3c2F)CC1. The second-order valence-electron chi connectivity index (χ2n) is 10.3. The van der Waals surface area contributed by atoms with Crippen molar-refractivity contribution in [1.29, 1.82) is 0 Å². The zero-order chi connectivity index (χ0) is 24.5. The first-order valence-electron chi connectivity index (χ1n) is 13.6. The van der Waals surface area contributed by atoms with E-state index < -0.39 is 0 Å². The summed E-state index contributed by atoms with van der Waals surface area (Å²) in [6.45, 7) is 6.11. The van der Waals surface area contributed by atoms with Crippen molar-refractivity contribution in [3.63, 3.8) is 0 Å². The van der Waals surface area contributed by atoms with Crippen LogP contribution < -0.4 is 0 Å². The number of fused-ring (bicyclic) bond motifs is 1. The molecule has 0 N–H and O–H groups in total. The van der Waals surface area contributed by atoms with Crippen molar-refractivity contribution in [2.75, 3.05) is 0 Å². The van der Waals surface area contributed by atoms with Crippen LogP contribution in [0, 0.1) is 29.5 Å². The molecule has 1 aliphatic rings. The second kappa shape index (κ2) is 12.7. The maximum atomic E-state index is 15.3. The van der Waals surface area contributed by atoms with E-state index in [1.165, 1.54) is 50.5 Å². The van der Waals surface area contributed by atoms with Crippen LogP contribution in [0.15, 0.2) is 67.3 Å². The molecule has 0 nitrogen and oxygen atoms in total. The van der Waals surface area contributed by atoms with E-state index in [4.69, 9.17) is 0 Å². The molecule has 0 saturated heterocycles. The minimum Gasteiger partial charge on any atom is -0.206 e. The smallest absolute Gasteiger partial charge is 0.134 e. The highest BCUT2D eigenvalue weighted by Gasteiger charge is 2.20. The molecule has 0 unspecified atom stereocenters. The zero-order valence-electron chi connectivity index (χ0n) is 21.3. The summed E-state index contributed by atoms with van der Waals surface area (Å²) in [7, 11) is 0. The Labute approximate surface area is 211 Å². The lowest BCUT2D eigenvalue weighted by Gasteiger charge is -2.28. The van der Waals surface area contributed by atoms with Crippen molar-refractivity contribution in [3.8, 4) is 11.8 Å². The van der Waals surface area contributed by atoms with E-state index in [2.05, 4.69) is 61.8 Å². The molecule has 1 aliphatic carbocycles. The van der Waals surface area contributed by atoms with Crippen LogP contribution in [0.4, 0.5) is 4.39 Å². The molecule has 0 heterocycles. The topological polar surface area (TPSA) is 0 Å². The van der Waals surface area contributed by atoms with Gasteiger partial charge >= 0.3 is 0 Å². The Kier molecular flexibility index (Phi) is 9.19. The number of unbranched alkanes of at least 4 members (excludes halogenated alkanes) is 2. The summed E-state index contributed by atoms with van der Waals surface area (Å²) in [5, 5.41) is 1.63. The van der Waals surface area contributed by atoms with Crippen LogP contribution in [0.2, 0.25) is 0 Å². The van der Waals surface area contributed by atoms with Crippen molar-refractivity contribution in [3.05, 3.63) is 95.3 Å². The third kappa shape index (κ3) is 7.08. The van der Waals surface area contributed by atoms with E-state index in [-0.39, 0.29) is 5.82 Å². The van der Waals surface area contributed by atoms with Gasteiger partial charge in [0.15, 0.2) is 0 Å². The third-order valence-corrected chi connectivity index (χ3v) is 7.70. The normalized spacial score (nSPS) is 17.7. The maximum Gasteiger partial charge on any atom is 0.134 e. The lowest BCUT2D eigenvalue weighted by molar-refractivity contribution is 0.264. The Morgan fingerprint density at radius 3 is 2.31 bits per heavy atom. The highest BCUT2D eigenvalue weighted by Crippen LogP contribution is 2.34. The van der Waals surface area contributed by atoms with Crippen molar-refractivity contribution >= 4 is 10.8 Å².